The van der Waals surface area contributed by atoms with Crippen LogP contribution in [0.4, 0.5) is 5.69 Å². The number of anilines is 1. The summed E-state index contributed by atoms with van der Waals surface area (Å²) in [7, 11) is 0. The molecule has 5 rings (SSSR count). The van der Waals surface area contributed by atoms with E-state index in [0.717, 1.165) is 52.4 Å². The van der Waals surface area contributed by atoms with Gasteiger partial charge in [0.15, 0.2) is 5.11 Å². The highest BCUT2D eigenvalue weighted by molar-refractivity contribution is 7.80. The van der Waals surface area contributed by atoms with Crippen LogP contribution in [0.5, 0.6) is 0 Å². The van der Waals surface area contributed by atoms with Crippen LogP contribution in [-0.2, 0) is 0 Å². The number of nitrogens with one attached hydrogen (secondary N) is 2. The number of hydrogen-bond acceptors (Lipinski definition) is 3. The van der Waals surface area contributed by atoms with E-state index >= 15 is 0 Å². The van der Waals surface area contributed by atoms with Crippen molar-refractivity contribution in [2.24, 2.45) is 0 Å². The Kier molecular flexibility index (Phi) is 7.25. The lowest BCUT2D eigenvalue weighted by Crippen LogP contribution is -2.31. The Balaban J connectivity index is 1.46. The van der Waals surface area contributed by atoms with E-state index in [1.54, 1.807) is 0 Å². The van der Waals surface area contributed by atoms with Crippen molar-refractivity contribution in [3.8, 4) is 5.69 Å². The molecule has 0 radical (unpaired) electrons. The number of nitrogens with zero attached hydrogens (tertiary/aromatic N) is 3. The molecular formula is C29H30ClN5S. The quantitative estimate of drug-likeness (QED) is 0.204. The summed E-state index contributed by atoms with van der Waals surface area (Å²) in [5.41, 5.74) is 6.76. The fourth-order valence-electron chi connectivity index (χ4n) is 5.12. The SMILES string of the molecule is Cc1cc(C2C(c3ccccn3)NC(=S)N2CCCNc2ccccc2)c(C)n1-c1cccc(Cl)c1. The van der Waals surface area contributed by atoms with Gasteiger partial charge in [0, 0.05) is 47.1 Å². The summed E-state index contributed by atoms with van der Waals surface area (Å²) in [5, 5.41) is 8.58. The van der Waals surface area contributed by atoms with Gasteiger partial charge in [0.2, 0.25) is 0 Å². The van der Waals surface area contributed by atoms with Gasteiger partial charge in [-0.05, 0) is 86.6 Å². The summed E-state index contributed by atoms with van der Waals surface area (Å²) >= 11 is 12.2. The molecule has 36 heavy (non-hydrogen) atoms. The summed E-state index contributed by atoms with van der Waals surface area (Å²) in [6.07, 6.45) is 2.80. The van der Waals surface area contributed by atoms with Crippen molar-refractivity contribution in [1.29, 1.82) is 0 Å². The van der Waals surface area contributed by atoms with Gasteiger partial charge in [-0.2, -0.15) is 0 Å². The van der Waals surface area contributed by atoms with Gasteiger partial charge >= 0.3 is 0 Å². The molecule has 1 saturated heterocycles. The highest BCUT2D eigenvalue weighted by atomic mass is 35.5. The Labute approximate surface area is 223 Å². The third-order valence-electron chi connectivity index (χ3n) is 6.73. The molecule has 2 aromatic carbocycles. The van der Waals surface area contributed by atoms with E-state index in [4.69, 9.17) is 23.8 Å². The Bertz CT molecular complexity index is 1340. The van der Waals surface area contributed by atoms with Gasteiger partial charge in [0.1, 0.15) is 0 Å². The van der Waals surface area contributed by atoms with Crippen molar-refractivity contribution in [3.05, 3.63) is 113 Å². The van der Waals surface area contributed by atoms with E-state index in [-0.39, 0.29) is 12.1 Å². The number of thiocarbonyl (C=S) groups is 1. The molecular weight excluding hydrogens is 486 g/mol. The van der Waals surface area contributed by atoms with Crippen LogP contribution in [0.3, 0.4) is 0 Å². The number of halogens is 1. The molecule has 184 valence electrons. The molecule has 1 fully saturated rings. The molecule has 0 saturated carbocycles. The van der Waals surface area contributed by atoms with Gasteiger partial charge in [-0.25, -0.2) is 0 Å². The Morgan fingerprint density at radius 3 is 2.56 bits per heavy atom. The first kappa shape index (κ1) is 24.3. The first-order valence-electron chi connectivity index (χ1n) is 12.2. The molecule has 3 heterocycles. The zero-order chi connectivity index (χ0) is 25.1. The van der Waals surface area contributed by atoms with Crippen molar-refractivity contribution in [1.82, 2.24) is 19.8 Å². The predicted octanol–water partition coefficient (Wildman–Crippen LogP) is 6.62. The van der Waals surface area contributed by atoms with E-state index < -0.39 is 0 Å². The second-order valence-electron chi connectivity index (χ2n) is 9.11. The van der Waals surface area contributed by atoms with Crippen molar-refractivity contribution in [2.75, 3.05) is 18.4 Å². The van der Waals surface area contributed by atoms with E-state index in [0.29, 0.717) is 0 Å². The van der Waals surface area contributed by atoms with Crippen molar-refractivity contribution < 1.29 is 0 Å². The zero-order valence-corrected chi connectivity index (χ0v) is 22.1. The topological polar surface area (TPSA) is 45.1 Å². The van der Waals surface area contributed by atoms with Crippen LogP contribution < -0.4 is 10.6 Å². The second kappa shape index (κ2) is 10.7. The minimum Gasteiger partial charge on any atom is -0.385 e. The van der Waals surface area contributed by atoms with Gasteiger partial charge in [-0.15, -0.1) is 0 Å². The van der Waals surface area contributed by atoms with E-state index in [1.165, 1.54) is 11.3 Å². The first-order valence-corrected chi connectivity index (χ1v) is 13.0. The third kappa shape index (κ3) is 4.97. The molecule has 7 heteroatoms. The molecule has 1 aliphatic rings. The summed E-state index contributed by atoms with van der Waals surface area (Å²) in [5.74, 6) is 0. The Morgan fingerprint density at radius 2 is 1.81 bits per heavy atom. The lowest BCUT2D eigenvalue weighted by atomic mass is 9.96. The third-order valence-corrected chi connectivity index (χ3v) is 7.32. The normalized spacial score (nSPS) is 17.3. The highest BCUT2D eigenvalue weighted by Crippen LogP contribution is 2.41. The number of pyridine rings is 1. The minimum absolute atomic E-state index is 0.0308. The van der Waals surface area contributed by atoms with E-state index in [1.807, 2.05) is 54.7 Å². The Morgan fingerprint density at radius 1 is 1.00 bits per heavy atom. The average Bonchev–Trinajstić information content (AvgIpc) is 3.37. The fraction of sp³-hybridized carbons (Fsp3) is 0.241. The minimum atomic E-state index is -0.0332. The maximum Gasteiger partial charge on any atom is 0.170 e. The maximum atomic E-state index is 6.33. The molecule has 2 N–H and O–H groups in total. The second-order valence-corrected chi connectivity index (χ2v) is 9.93. The van der Waals surface area contributed by atoms with Gasteiger partial charge in [-0.3, -0.25) is 4.98 Å². The summed E-state index contributed by atoms with van der Waals surface area (Å²) in [6, 6.07) is 26.6. The number of aryl methyl sites for hydroxylation is 1. The standard InChI is InChI=1S/C29H30ClN5S/c1-20-18-25(21(2)35(20)24-13-8-10-22(30)19-24)28-27(26-14-6-7-15-32-26)33-29(36)34(28)17-9-16-31-23-11-4-3-5-12-23/h3-8,10-15,18-19,27-28,31H,9,16-17H2,1-2H3,(H,33,36). The number of benzene rings is 2. The van der Waals surface area contributed by atoms with E-state index in [2.05, 4.69) is 69.3 Å². The number of aromatic nitrogens is 2. The first-order chi connectivity index (χ1) is 17.5. The molecule has 2 unspecified atom stereocenters. The number of hydrogen-bond donors (Lipinski definition) is 2. The predicted molar refractivity (Wildman–Crippen MR) is 152 cm³/mol. The van der Waals surface area contributed by atoms with Crippen LogP contribution in [-0.4, -0.2) is 32.7 Å². The van der Waals surface area contributed by atoms with Gasteiger partial charge in [0.05, 0.1) is 17.8 Å². The smallest absolute Gasteiger partial charge is 0.170 e. The highest BCUT2D eigenvalue weighted by Gasteiger charge is 2.41. The molecule has 5 nitrogen and oxygen atoms in total. The lowest BCUT2D eigenvalue weighted by Gasteiger charge is -2.28. The molecule has 0 bridgehead atoms. The summed E-state index contributed by atoms with van der Waals surface area (Å²) in [6.45, 7) is 6.02. The van der Waals surface area contributed by atoms with Crippen LogP contribution in [0.1, 0.15) is 41.1 Å². The van der Waals surface area contributed by atoms with E-state index in [9.17, 15) is 0 Å². The van der Waals surface area contributed by atoms with Crippen LogP contribution in [0, 0.1) is 13.8 Å². The largest absolute Gasteiger partial charge is 0.385 e. The lowest BCUT2D eigenvalue weighted by molar-refractivity contribution is 0.315. The molecule has 2 atom stereocenters. The zero-order valence-electron chi connectivity index (χ0n) is 20.5. The molecule has 0 aliphatic carbocycles. The van der Waals surface area contributed by atoms with Gasteiger partial charge < -0.3 is 20.1 Å². The number of para-hydroxylation sites is 1. The molecule has 2 aromatic heterocycles. The monoisotopic (exact) mass is 515 g/mol. The Hall–Kier alpha value is -3.35. The maximum absolute atomic E-state index is 6.33. The van der Waals surface area contributed by atoms with Crippen LogP contribution in [0.2, 0.25) is 5.02 Å². The molecule has 0 spiro atoms. The molecule has 1 aliphatic heterocycles. The van der Waals surface area contributed by atoms with Crippen LogP contribution in [0.25, 0.3) is 5.69 Å². The van der Waals surface area contributed by atoms with Crippen molar-refractivity contribution in [3.63, 3.8) is 0 Å². The van der Waals surface area contributed by atoms with Crippen LogP contribution in [0.15, 0.2) is 85.1 Å². The average molecular weight is 516 g/mol. The summed E-state index contributed by atoms with van der Waals surface area (Å²) in [4.78, 5) is 7.01. The van der Waals surface area contributed by atoms with Gasteiger partial charge in [-0.1, -0.05) is 41.9 Å². The van der Waals surface area contributed by atoms with Crippen molar-refractivity contribution >= 4 is 34.6 Å². The number of rotatable bonds is 8. The fourth-order valence-corrected chi connectivity index (χ4v) is 5.64. The summed E-state index contributed by atoms with van der Waals surface area (Å²) < 4.78 is 2.27. The molecule has 0 amide bonds. The van der Waals surface area contributed by atoms with Gasteiger partial charge in [0.25, 0.3) is 0 Å². The van der Waals surface area contributed by atoms with Crippen molar-refractivity contribution in [2.45, 2.75) is 32.4 Å². The van der Waals surface area contributed by atoms with Crippen LogP contribution >= 0.6 is 23.8 Å². The molecule has 4 aromatic rings.